The van der Waals surface area contributed by atoms with Crippen molar-refractivity contribution in [2.75, 3.05) is 19.8 Å². The molecule has 0 aromatic carbocycles. The Morgan fingerprint density at radius 2 is 2.21 bits per heavy atom. The van der Waals surface area contributed by atoms with Crippen molar-refractivity contribution < 1.29 is 14.6 Å². The fourth-order valence-corrected chi connectivity index (χ4v) is 0.988. The molecule has 0 heterocycles. The first-order valence-corrected chi connectivity index (χ1v) is 5.08. The molecule has 0 aliphatic heterocycles. The summed E-state index contributed by atoms with van der Waals surface area (Å²) in [5, 5.41) is 11.9. The Balaban J connectivity index is 1.94. The van der Waals surface area contributed by atoms with E-state index >= 15 is 0 Å². The molecule has 0 unspecified atom stereocenters. The molecule has 1 aliphatic rings. The first-order valence-electron chi connectivity index (χ1n) is 5.08. The van der Waals surface area contributed by atoms with Crippen LogP contribution in [0, 0.1) is 5.92 Å². The molecule has 4 heteroatoms. The van der Waals surface area contributed by atoms with Crippen LogP contribution in [0.3, 0.4) is 0 Å². The molecule has 0 radical (unpaired) electrons. The predicted octanol–water partition coefficient (Wildman–Crippen LogP) is 0.300. The first-order chi connectivity index (χ1) is 6.50. The van der Waals surface area contributed by atoms with E-state index in [1.165, 1.54) is 26.7 Å². The first kappa shape index (κ1) is 11.5. The molecule has 0 atom stereocenters. The number of nitrogens with one attached hydrogen (secondary N) is 1. The molecule has 0 saturated heterocycles. The van der Waals surface area contributed by atoms with E-state index in [1.54, 1.807) is 0 Å². The molecule has 0 aromatic heterocycles. The highest BCUT2D eigenvalue weighted by molar-refractivity contribution is 5.83. The molecule has 0 aromatic rings. The van der Waals surface area contributed by atoms with Gasteiger partial charge in [0.15, 0.2) is 0 Å². The van der Waals surface area contributed by atoms with E-state index in [2.05, 4.69) is 5.32 Å². The summed E-state index contributed by atoms with van der Waals surface area (Å²) in [5.41, 5.74) is -1.30. The topological polar surface area (TPSA) is 58.6 Å². The summed E-state index contributed by atoms with van der Waals surface area (Å²) in [6.45, 7) is 4.73. The number of ether oxygens (including phenoxy) is 1. The average Bonchev–Trinajstić information content (AvgIpc) is 2.85. The van der Waals surface area contributed by atoms with Gasteiger partial charge < -0.3 is 15.2 Å². The molecule has 1 rings (SSSR count). The van der Waals surface area contributed by atoms with Gasteiger partial charge in [-0.3, -0.25) is 4.79 Å². The lowest BCUT2D eigenvalue weighted by Crippen LogP contribution is -2.43. The third-order valence-electron chi connectivity index (χ3n) is 2.14. The monoisotopic (exact) mass is 201 g/mol. The third kappa shape index (κ3) is 4.58. The van der Waals surface area contributed by atoms with Gasteiger partial charge in [0, 0.05) is 13.2 Å². The Labute approximate surface area is 84.6 Å². The van der Waals surface area contributed by atoms with Gasteiger partial charge >= 0.3 is 0 Å². The summed E-state index contributed by atoms with van der Waals surface area (Å²) < 4.78 is 5.32. The van der Waals surface area contributed by atoms with Crippen LogP contribution < -0.4 is 5.32 Å². The highest BCUT2D eigenvalue weighted by Gasteiger charge is 2.23. The van der Waals surface area contributed by atoms with Crippen molar-refractivity contribution in [3.05, 3.63) is 0 Å². The fraction of sp³-hybridized carbons (Fsp3) is 0.900. The standard InChI is InChI=1S/C10H19NO3/c1-10(2,13)9(12)11-5-6-14-7-8-3-4-8/h8,13H,3-7H2,1-2H3,(H,11,12). The number of carbonyl (C=O) groups is 1. The lowest BCUT2D eigenvalue weighted by atomic mass is 10.1. The quantitative estimate of drug-likeness (QED) is 0.608. The minimum atomic E-state index is -1.30. The Morgan fingerprint density at radius 1 is 1.57 bits per heavy atom. The number of hydrogen-bond donors (Lipinski definition) is 2. The SMILES string of the molecule is CC(C)(O)C(=O)NCCOCC1CC1. The molecule has 1 fully saturated rings. The van der Waals surface area contributed by atoms with Crippen molar-refractivity contribution in [3.63, 3.8) is 0 Å². The Morgan fingerprint density at radius 3 is 2.71 bits per heavy atom. The maximum atomic E-state index is 11.2. The number of amides is 1. The highest BCUT2D eigenvalue weighted by atomic mass is 16.5. The van der Waals surface area contributed by atoms with Crippen molar-refractivity contribution in [2.45, 2.75) is 32.3 Å². The smallest absolute Gasteiger partial charge is 0.251 e. The molecular weight excluding hydrogens is 182 g/mol. The largest absolute Gasteiger partial charge is 0.381 e. The molecule has 4 nitrogen and oxygen atoms in total. The Hall–Kier alpha value is -0.610. The van der Waals surface area contributed by atoms with E-state index < -0.39 is 5.60 Å². The molecule has 2 N–H and O–H groups in total. The van der Waals surface area contributed by atoms with Gasteiger partial charge in [-0.25, -0.2) is 0 Å². The lowest BCUT2D eigenvalue weighted by Gasteiger charge is -2.16. The highest BCUT2D eigenvalue weighted by Crippen LogP contribution is 2.28. The Bertz CT molecular complexity index is 194. The van der Waals surface area contributed by atoms with E-state index in [9.17, 15) is 9.90 Å². The summed E-state index contributed by atoms with van der Waals surface area (Å²) >= 11 is 0. The average molecular weight is 201 g/mol. The minimum Gasteiger partial charge on any atom is -0.381 e. The molecule has 0 bridgehead atoms. The van der Waals surface area contributed by atoms with Crippen LogP contribution in [0.25, 0.3) is 0 Å². The van der Waals surface area contributed by atoms with Crippen LogP contribution in [-0.4, -0.2) is 36.4 Å². The zero-order chi connectivity index (χ0) is 10.6. The van der Waals surface area contributed by atoms with Gasteiger partial charge in [0.2, 0.25) is 0 Å². The van der Waals surface area contributed by atoms with Gasteiger partial charge in [-0.2, -0.15) is 0 Å². The van der Waals surface area contributed by atoms with Crippen LogP contribution in [0.5, 0.6) is 0 Å². The second-order valence-electron chi connectivity index (χ2n) is 4.33. The van der Waals surface area contributed by atoms with Crippen LogP contribution >= 0.6 is 0 Å². The van der Waals surface area contributed by atoms with Crippen molar-refractivity contribution >= 4 is 5.91 Å². The van der Waals surface area contributed by atoms with Gasteiger partial charge in [-0.1, -0.05) is 0 Å². The van der Waals surface area contributed by atoms with Gasteiger partial charge in [0.25, 0.3) is 5.91 Å². The normalized spacial score (nSPS) is 16.8. The second-order valence-corrected chi connectivity index (χ2v) is 4.33. The number of rotatable bonds is 6. The summed E-state index contributed by atoms with van der Waals surface area (Å²) in [6, 6.07) is 0. The van der Waals surface area contributed by atoms with Gasteiger partial charge in [-0.05, 0) is 32.6 Å². The van der Waals surface area contributed by atoms with Crippen LogP contribution in [0.2, 0.25) is 0 Å². The molecule has 0 spiro atoms. The van der Waals surface area contributed by atoms with Crippen LogP contribution in [0.15, 0.2) is 0 Å². The third-order valence-corrected chi connectivity index (χ3v) is 2.14. The van der Waals surface area contributed by atoms with Gasteiger partial charge in [-0.15, -0.1) is 0 Å². The van der Waals surface area contributed by atoms with Crippen LogP contribution in [-0.2, 0) is 9.53 Å². The molecule has 1 saturated carbocycles. The zero-order valence-corrected chi connectivity index (χ0v) is 8.88. The van der Waals surface area contributed by atoms with Crippen molar-refractivity contribution in [2.24, 2.45) is 5.92 Å². The van der Waals surface area contributed by atoms with E-state index in [-0.39, 0.29) is 5.91 Å². The summed E-state index contributed by atoms with van der Waals surface area (Å²) in [6.07, 6.45) is 2.55. The summed E-state index contributed by atoms with van der Waals surface area (Å²) in [4.78, 5) is 11.2. The number of aliphatic hydroxyl groups is 1. The molecular formula is C10H19NO3. The minimum absolute atomic E-state index is 0.354. The van der Waals surface area contributed by atoms with Crippen molar-refractivity contribution in [1.82, 2.24) is 5.32 Å². The number of carbonyl (C=O) groups excluding carboxylic acids is 1. The summed E-state index contributed by atoms with van der Waals surface area (Å²) in [7, 11) is 0. The molecule has 14 heavy (non-hydrogen) atoms. The molecule has 82 valence electrons. The lowest BCUT2D eigenvalue weighted by molar-refractivity contribution is -0.136. The van der Waals surface area contributed by atoms with Crippen LogP contribution in [0.4, 0.5) is 0 Å². The van der Waals surface area contributed by atoms with E-state index in [4.69, 9.17) is 4.74 Å². The maximum Gasteiger partial charge on any atom is 0.251 e. The van der Waals surface area contributed by atoms with Gasteiger partial charge in [0.1, 0.15) is 5.60 Å². The molecule has 1 aliphatic carbocycles. The predicted molar refractivity (Wildman–Crippen MR) is 52.9 cm³/mol. The fourth-order valence-electron chi connectivity index (χ4n) is 0.988. The second kappa shape index (κ2) is 4.75. The maximum absolute atomic E-state index is 11.2. The van der Waals surface area contributed by atoms with Crippen molar-refractivity contribution in [3.8, 4) is 0 Å². The zero-order valence-electron chi connectivity index (χ0n) is 8.88. The van der Waals surface area contributed by atoms with E-state index in [1.807, 2.05) is 0 Å². The molecule has 1 amide bonds. The van der Waals surface area contributed by atoms with Gasteiger partial charge in [0.05, 0.1) is 6.61 Å². The van der Waals surface area contributed by atoms with Crippen LogP contribution in [0.1, 0.15) is 26.7 Å². The van der Waals surface area contributed by atoms with E-state index in [0.29, 0.717) is 13.2 Å². The number of hydrogen-bond acceptors (Lipinski definition) is 3. The van der Waals surface area contributed by atoms with Crippen molar-refractivity contribution in [1.29, 1.82) is 0 Å². The summed E-state index contributed by atoms with van der Waals surface area (Å²) in [5.74, 6) is 0.396. The Kier molecular flexibility index (Phi) is 3.89. The van der Waals surface area contributed by atoms with E-state index in [0.717, 1.165) is 12.5 Å².